The highest BCUT2D eigenvalue weighted by Gasteiger charge is 2.34. The molecule has 3 fully saturated rings. The lowest BCUT2D eigenvalue weighted by atomic mass is 9.84. The normalized spacial score (nSPS) is 31.6. The zero-order valence-electron chi connectivity index (χ0n) is 20.1. The molecule has 0 radical (unpaired) electrons. The minimum absolute atomic E-state index is 0.0193. The smallest absolute Gasteiger partial charge is 0.308 e. The molecular formula is C27H41N3O2. The van der Waals surface area contributed by atoms with E-state index in [4.69, 9.17) is 4.74 Å². The van der Waals surface area contributed by atoms with E-state index in [0.717, 1.165) is 57.3 Å². The van der Waals surface area contributed by atoms with E-state index in [-0.39, 0.29) is 11.9 Å². The van der Waals surface area contributed by atoms with E-state index in [2.05, 4.69) is 39.8 Å². The Morgan fingerprint density at radius 3 is 2.59 bits per heavy atom. The lowest BCUT2D eigenvalue weighted by Gasteiger charge is -2.39. The number of nitrogens with zero attached hydrogens (tertiary/aromatic N) is 3. The second kappa shape index (κ2) is 9.72. The summed E-state index contributed by atoms with van der Waals surface area (Å²) in [7, 11) is 0. The Hall–Kier alpha value is -1.59. The molecule has 5 heteroatoms. The monoisotopic (exact) mass is 439 g/mol. The van der Waals surface area contributed by atoms with Crippen LogP contribution >= 0.6 is 0 Å². The van der Waals surface area contributed by atoms with Gasteiger partial charge in [0.1, 0.15) is 0 Å². The molecule has 5 rings (SSSR count). The fourth-order valence-corrected chi connectivity index (χ4v) is 6.75. The number of carbonyl (C=O) groups is 1. The number of hydrogen-bond acceptors (Lipinski definition) is 5. The molecule has 1 aromatic rings. The van der Waals surface area contributed by atoms with E-state index in [1.54, 1.807) is 5.56 Å². The standard InChI is InChI=1S/C27H41N3O2/c1-3-32-27(31)21-6-9-24(10-7-21)28-15-12-22-17-25(11-8-23(22)18-28)29-16-13-26(19-29)30-14-4-5-20(30)2/h8,11,17,20-21,24,26H,3-7,9-10,12-16,18-19H2,1-2H3/t20-,21?,24?,26-/m0/s1. The van der Waals surface area contributed by atoms with Crippen molar-refractivity contribution in [2.75, 3.05) is 37.7 Å². The van der Waals surface area contributed by atoms with Gasteiger partial charge in [0.25, 0.3) is 0 Å². The van der Waals surface area contributed by atoms with Crippen LogP contribution in [0.4, 0.5) is 5.69 Å². The predicted octanol–water partition coefficient (Wildman–Crippen LogP) is 4.23. The third kappa shape index (κ3) is 4.56. The molecule has 3 aliphatic heterocycles. The molecule has 32 heavy (non-hydrogen) atoms. The second-order valence-corrected chi connectivity index (χ2v) is 10.5. The molecule has 2 saturated heterocycles. The minimum Gasteiger partial charge on any atom is -0.466 e. The number of esters is 1. The van der Waals surface area contributed by atoms with Crippen molar-refractivity contribution in [3.05, 3.63) is 29.3 Å². The van der Waals surface area contributed by atoms with Gasteiger partial charge in [-0.15, -0.1) is 0 Å². The zero-order valence-corrected chi connectivity index (χ0v) is 20.1. The van der Waals surface area contributed by atoms with Gasteiger partial charge in [0.15, 0.2) is 0 Å². The van der Waals surface area contributed by atoms with Gasteiger partial charge < -0.3 is 9.64 Å². The van der Waals surface area contributed by atoms with E-state index < -0.39 is 0 Å². The minimum atomic E-state index is 0.0193. The molecule has 176 valence electrons. The third-order valence-electron chi connectivity index (χ3n) is 8.67. The highest BCUT2D eigenvalue weighted by Crippen LogP contribution is 2.34. The number of fused-ring (bicyclic) bond motifs is 1. The van der Waals surface area contributed by atoms with Crippen molar-refractivity contribution in [3.8, 4) is 0 Å². The van der Waals surface area contributed by atoms with Crippen molar-refractivity contribution in [1.29, 1.82) is 0 Å². The van der Waals surface area contributed by atoms with E-state index >= 15 is 0 Å². The van der Waals surface area contributed by atoms with Gasteiger partial charge in [0, 0.05) is 50.0 Å². The Morgan fingerprint density at radius 2 is 1.84 bits per heavy atom. The second-order valence-electron chi connectivity index (χ2n) is 10.5. The van der Waals surface area contributed by atoms with Gasteiger partial charge in [0.05, 0.1) is 12.5 Å². The number of likely N-dealkylation sites (tertiary alicyclic amines) is 1. The van der Waals surface area contributed by atoms with Crippen LogP contribution in [-0.2, 0) is 22.5 Å². The van der Waals surface area contributed by atoms with Crippen molar-refractivity contribution in [2.45, 2.75) is 89.9 Å². The molecule has 0 bridgehead atoms. The predicted molar refractivity (Wildman–Crippen MR) is 129 cm³/mol. The summed E-state index contributed by atoms with van der Waals surface area (Å²) in [5.74, 6) is 0.143. The maximum Gasteiger partial charge on any atom is 0.308 e. The lowest BCUT2D eigenvalue weighted by Crippen LogP contribution is -2.42. The molecule has 2 atom stereocenters. The molecule has 1 aliphatic carbocycles. The molecular weight excluding hydrogens is 398 g/mol. The van der Waals surface area contributed by atoms with E-state index in [1.165, 1.54) is 50.1 Å². The Morgan fingerprint density at radius 1 is 1.00 bits per heavy atom. The van der Waals surface area contributed by atoms with Crippen LogP contribution in [0.5, 0.6) is 0 Å². The first kappa shape index (κ1) is 22.2. The summed E-state index contributed by atoms with van der Waals surface area (Å²) in [4.78, 5) is 20.1. The van der Waals surface area contributed by atoms with Crippen LogP contribution in [0.1, 0.15) is 69.9 Å². The fourth-order valence-electron chi connectivity index (χ4n) is 6.75. The van der Waals surface area contributed by atoms with Crippen LogP contribution in [0.3, 0.4) is 0 Å². The number of rotatable bonds is 5. The molecule has 1 saturated carbocycles. The average Bonchev–Trinajstić information content (AvgIpc) is 3.47. The summed E-state index contributed by atoms with van der Waals surface area (Å²) < 4.78 is 5.24. The number of anilines is 1. The summed E-state index contributed by atoms with van der Waals surface area (Å²) in [6.07, 6.45) is 9.43. The Labute approximate surface area is 194 Å². The molecule has 5 nitrogen and oxygen atoms in total. The summed E-state index contributed by atoms with van der Waals surface area (Å²) in [6, 6.07) is 9.38. The van der Waals surface area contributed by atoms with Crippen molar-refractivity contribution >= 4 is 11.7 Å². The van der Waals surface area contributed by atoms with E-state index in [1.807, 2.05) is 6.92 Å². The Kier molecular flexibility index (Phi) is 6.75. The number of hydrogen-bond donors (Lipinski definition) is 0. The molecule has 0 N–H and O–H groups in total. The maximum absolute atomic E-state index is 12.1. The Balaban J connectivity index is 1.16. The SMILES string of the molecule is CCOC(=O)C1CCC(N2CCc3cc(N4CC[C@H](N5CCC[C@@H]5C)C4)ccc3C2)CC1. The zero-order chi connectivity index (χ0) is 22.1. The van der Waals surface area contributed by atoms with Gasteiger partial charge >= 0.3 is 5.97 Å². The lowest BCUT2D eigenvalue weighted by molar-refractivity contribution is -0.149. The first-order chi connectivity index (χ1) is 15.6. The molecule has 3 heterocycles. The van der Waals surface area contributed by atoms with Crippen LogP contribution < -0.4 is 4.90 Å². The summed E-state index contributed by atoms with van der Waals surface area (Å²) in [5, 5.41) is 0. The molecule has 0 amide bonds. The van der Waals surface area contributed by atoms with Crippen LogP contribution in [0.15, 0.2) is 18.2 Å². The van der Waals surface area contributed by atoms with Gasteiger partial charge in [-0.3, -0.25) is 14.6 Å². The highest BCUT2D eigenvalue weighted by atomic mass is 16.5. The van der Waals surface area contributed by atoms with Gasteiger partial charge in [-0.2, -0.15) is 0 Å². The molecule has 1 aromatic carbocycles. The van der Waals surface area contributed by atoms with Gasteiger partial charge in [-0.05, 0) is 95.0 Å². The van der Waals surface area contributed by atoms with Gasteiger partial charge in [-0.25, -0.2) is 0 Å². The third-order valence-corrected chi connectivity index (χ3v) is 8.67. The highest BCUT2D eigenvalue weighted by molar-refractivity contribution is 5.72. The van der Waals surface area contributed by atoms with Crippen LogP contribution in [0, 0.1) is 5.92 Å². The quantitative estimate of drug-likeness (QED) is 0.642. The summed E-state index contributed by atoms with van der Waals surface area (Å²) in [6.45, 7) is 10.7. The first-order valence-electron chi connectivity index (χ1n) is 13.2. The molecule has 0 aromatic heterocycles. The number of ether oxygens (including phenoxy) is 1. The Bertz CT molecular complexity index is 804. The molecule has 4 aliphatic rings. The molecule has 0 unspecified atom stereocenters. The van der Waals surface area contributed by atoms with Crippen LogP contribution in [0.25, 0.3) is 0 Å². The topological polar surface area (TPSA) is 36.0 Å². The maximum atomic E-state index is 12.1. The largest absolute Gasteiger partial charge is 0.466 e. The summed E-state index contributed by atoms with van der Waals surface area (Å²) >= 11 is 0. The van der Waals surface area contributed by atoms with Gasteiger partial charge in [-0.1, -0.05) is 6.07 Å². The van der Waals surface area contributed by atoms with E-state index in [9.17, 15) is 4.79 Å². The number of carbonyl (C=O) groups excluding carboxylic acids is 1. The first-order valence-corrected chi connectivity index (χ1v) is 13.2. The summed E-state index contributed by atoms with van der Waals surface area (Å²) in [5.41, 5.74) is 4.50. The van der Waals surface area contributed by atoms with Crippen molar-refractivity contribution < 1.29 is 9.53 Å². The molecule has 0 spiro atoms. The van der Waals surface area contributed by atoms with Crippen molar-refractivity contribution in [2.24, 2.45) is 5.92 Å². The average molecular weight is 440 g/mol. The fraction of sp³-hybridized carbons (Fsp3) is 0.741. The van der Waals surface area contributed by atoms with Crippen LogP contribution in [-0.4, -0.2) is 66.7 Å². The van der Waals surface area contributed by atoms with Gasteiger partial charge in [0.2, 0.25) is 0 Å². The number of benzene rings is 1. The van der Waals surface area contributed by atoms with Crippen molar-refractivity contribution in [1.82, 2.24) is 9.80 Å². The van der Waals surface area contributed by atoms with E-state index in [0.29, 0.717) is 12.6 Å². The van der Waals surface area contributed by atoms with Crippen LogP contribution in [0.2, 0.25) is 0 Å². The van der Waals surface area contributed by atoms with Crippen molar-refractivity contribution in [3.63, 3.8) is 0 Å².